The second-order valence-electron chi connectivity index (χ2n) is 2.98. The van der Waals surface area contributed by atoms with Gasteiger partial charge in [-0.15, -0.1) is 5.10 Å². The van der Waals surface area contributed by atoms with E-state index in [1.54, 1.807) is 25.3 Å². The maximum absolute atomic E-state index is 11.8. The minimum atomic E-state index is -0.276. The number of aryl methyl sites for hydroxylation is 1. The quantitative estimate of drug-likeness (QED) is 0.834. The number of carbonyl (C=O) groups is 1. The lowest BCUT2D eigenvalue weighted by atomic mass is 10.3. The zero-order chi connectivity index (χ0) is 11.5. The fourth-order valence-corrected chi connectivity index (χ4v) is 1.82. The first-order chi connectivity index (χ1) is 7.68. The highest BCUT2D eigenvalue weighted by atomic mass is 35.5. The van der Waals surface area contributed by atoms with E-state index in [0.717, 1.165) is 11.5 Å². The molecular weight excluding hydrogens is 248 g/mol. The second-order valence-corrected chi connectivity index (χ2v) is 4.10. The summed E-state index contributed by atoms with van der Waals surface area (Å²) in [6.07, 6.45) is 1.55. The third-order valence-electron chi connectivity index (χ3n) is 1.87. The Bertz CT molecular complexity index is 528. The van der Waals surface area contributed by atoms with E-state index in [0.29, 0.717) is 16.3 Å². The number of anilines is 1. The Morgan fingerprint density at radius 3 is 3.00 bits per heavy atom. The average molecular weight is 255 g/mol. The van der Waals surface area contributed by atoms with E-state index < -0.39 is 0 Å². The smallest absolute Gasteiger partial charge is 0.269 e. The number of nitrogens with zero attached hydrogens (tertiary/aromatic N) is 3. The highest BCUT2D eigenvalue weighted by Crippen LogP contribution is 2.19. The molecule has 0 radical (unpaired) electrons. The van der Waals surface area contributed by atoms with E-state index in [4.69, 9.17) is 11.6 Å². The van der Waals surface area contributed by atoms with Gasteiger partial charge in [0.05, 0.1) is 11.4 Å². The molecule has 2 aromatic heterocycles. The third-order valence-corrected chi connectivity index (χ3v) is 2.99. The molecule has 2 heterocycles. The van der Waals surface area contributed by atoms with Gasteiger partial charge in [0.15, 0.2) is 5.15 Å². The van der Waals surface area contributed by atoms with Crippen LogP contribution in [-0.2, 0) is 0 Å². The number of carbonyl (C=O) groups excluding carboxylic acids is 1. The first kappa shape index (κ1) is 11.0. The maximum Gasteiger partial charge on any atom is 0.269 e. The summed E-state index contributed by atoms with van der Waals surface area (Å²) in [4.78, 5) is 16.1. The van der Waals surface area contributed by atoms with Gasteiger partial charge in [-0.3, -0.25) is 4.79 Å². The van der Waals surface area contributed by atoms with Crippen molar-refractivity contribution in [2.45, 2.75) is 6.92 Å². The molecule has 1 amide bonds. The van der Waals surface area contributed by atoms with E-state index in [-0.39, 0.29) is 11.1 Å². The molecule has 0 unspecified atom stereocenters. The van der Waals surface area contributed by atoms with E-state index in [2.05, 4.69) is 19.9 Å². The first-order valence-electron chi connectivity index (χ1n) is 4.39. The highest BCUT2D eigenvalue weighted by molar-refractivity contribution is 7.08. The number of nitrogens with one attached hydrogen (secondary N) is 1. The second kappa shape index (κ2) is 4.54. The van der Waals surface area contributed by atoms with Crippen LogP contribution in [0, 0.1) is 6.92 Å². The number of pyridine rings is 1. The Morgan fingerprint density at radius 1 is 1.56 bits per heavy atom. The number of halogens is 1. The van der Waals surface area contributed by atoms with Crippen molar-refractivity contribution in [2.24, 2.45) is 0 Å². The largest absolute Gasteiger partial charge is 0.319 e. The molecule has 7 heteroatoms. The lowest BCUT2D eigenvalue weighted by Gasteiger charge is -2.04. The van der Waals surface area contributed by atoms with E-state index in [9.17, 15) is 4.79 Å². The van der Waals surface area contributed by atoms with Crippen LogP contribution in [0.25, 0.3) is 0 Å². The Hall–Kier alpha value is -1.53. The molecule has 5 nitrogen and oxygen atoms in total. The molecule has 0 aliphatic heterocycles. The molecule has 0 spiro atoms. The minimum absolute atomic E-state index is 0.256. The van der Waals surface area contributed by atoms with Crippen molar-refractivity contribution in [3.63, 3.8) is 0 Å². The molecule has 0 saturated carbocycles. The molecule has 16 heavy (non-hydrogen) atoms. The topological polar surface area (TPSA) is 67.8 Å². The van der Waals surface area contributed by atoms with E-state index in [1.807, 2.05) is 0 Å². The van der Waals surface area contributed by atoms with Gasteiger partial charge in [0.2, 0.25) is 0 Å². The van der Waals surface area contributed by atoms with Gasteiger partial charge < -0.3 is 5.32 Å². The normalized spacial score (nSPS) is 10.1. The zero-order valence-corrected chi connectivity index (χ0v) is 9.84. The SMILES string of the molecule is Cc1nnsc1C(=O)Nc1cccnc1Cl. The predicted molar refractivity (Wildman–Crippen MR) is 61.8 cm³/mol. The Morgan fingerprint density at radius 2 is 2.38 bits per heavy atom. The van der Waals surface area contributed by atoms with Crippen molar-refractivity contribution in [3.05, 3.63) is 34.1 Å². The van der Waals surface area contributed by atoms with Gasteiger partial charge in [0, 0.05) is 6.20 Å². The van der Waals surface area contributed by atoms with Crippen LogP contribution in [0.4, 0.5) is 5.69 Å². The Labute approximate surface area is 101 Å². The zero-order valence-electron chi connectivity index (χ0n) is 8.27. The molecular formula is C9H7ClN4OS. The summed E-state index contributed by atoms with van der Waals surface area (Å²) in [7, 11) is 0. The van der Waals surface area contributed by atoms with Gasteiger partial charge >= 0.3 is 0 Å². The van der Waals surface area contributed by atoms with Gasteiger partial charge in [-0.2, -0.15) is 0 Å². The van der Waals surface area contributed by atoms with E-state index in [1.165, 1.54) is 0 Å². The summed E-state index contributed by atoms with van der Waals surface area (Å²) in [5.74, 6) is -0.276. The van der Waals surface area contributed by atoms with Crippen LogP contribution >= 0.6 is 23.1 Å². The summed E-state index contributed by atoms with van der Waals surface area (Å²) in [6.45, 7) is 1.73. The van der Waals surface area contributed by atoms with Crippen molar-refractivity contribution in [1.82, 2.24) is 14.6 Å². The number of aromatic nitrogens is 3. The molecule has 1 N–H and O–H groups in total. The van der Waals surface area contributed by atoms with Crippen molar-refractivity contribution >= 4 is 34.7 Å². The van der Waals surface area contributed by atoms with Crippen molar-refractivity contribution < 1.29 is 4.79 Å². The van der Waals surface area contributed by atoms with Crippen LogP contribution in [0.1, 0.15) is 15.4 Å². The summed E-state index contributed by atoms with van der Waals surface area (Å²) in [5.41, 5.74) is 1.07. The molecule has 0 saturated heterocycles. The van der Waals surface area contributed by atoms with Gasteiger partial charge in [0.1, 0.15) is 4.88 Å². The van der Waals surface area contributed by atoms with Crippen LogP contribution in [0.5, 0.6) is 0 Å². The van der Waals surface area contributed by atoms with Crippen LogP contribution in [0.2, 0.25) is 5.15 Å². The van der Waals surface area contributed by atoms with Crippen molar-refractivity contribution in [2.75, 3.05) is 5.32 Å². The fraction of sp³-hybridized carbons (Fsp3) is 0.111. The fourth-order valence-electron chi connectivity index (χ4n) is 1.10. The predicted octanol–water partition coefficient (Wildman–Crippen LogP) is 2.15. The molecule has 0 aromatic carbocycles. The first-order valence-corrected chi connectivity index (χ1v) is 5.54. The minimum Gasteiger partial charge on any atom is -0.319 e. The third kappa shape index (κ3) is 2.17. The van der Waals surface area contributed by atoms with Crippen LogP contribution in [0.3, 0.4) is 0 Å². The lowest BCUT2D eigenvalue weighted by molar-refractivity contribution is 0.103. The number of hydrogen-bond donors (Lipinski definition) is 1. The summed E-state index contributed by atoms with van der Waals surface area (Å²) in [5, 5.41) is 6.67. The van der Waals surface area contributed by atoms with Crippen LogP contribution < -0.4 is 5.32 Å². The lowest BCUT2D eigenvalue weighted by Crippen LogP contribution is -2.12. The number of rotatable bonds is 2. The van der Waals surface area contributed by atoms with Crippen molar-refractivity contribution in [3.8, 4) is 0 Å². The molecule has 0 aliphatic rings. The molecule has 2 rings (SSSR count). The standard InChI is InChI=1S/C9H7ClN4OS/c1-5-7(16-14-13-5)9(15)12-6-3-2-4-11-8(6)10/h2-4H,1H3,(H,12,15). The molecule has 82 valence electrons. The Kier molecular flexibility index (Phi) is 3.12. The molecule has 0 fully saturated rings. The summed E-state index contributed by atoms with van der Waals surface area (Å²) < 4.78 is 3.69. The van der Waals surface area contributed by atoms with Gasteiger partial charge in [0.25, 0.3) is 5.91 Å². The van der Waals surface area contributed by atoms with Crippen molar-refractivity contribution in [1.29, 1.82) is 0 Å². The molecule has 0 aliphatic carbocycles. The maximum atomic E-state index is 11.8. The molecule has 2 aromatic rings. The van der Waals surface area contributed by atoms with Crippen LogP contribution in [0.15, 0.2) is 18.3 Å². The molecule has 0 bridgehead atoms. The van der Waals surface area contributed by atoms with Gasteiger partial charge in [-0.05, 0) is 30.6 Å². The number of amides is 1. The monoisotopic (exact) mass is 254 g/mol. The van der Waals surface area contributed by atoms with Crippen LogP contribution in [-0.4, -0.2) is 20.5 Å². The summed E-state index contributed by atoms with van der Waals surface area (Å²) in [6, 6.07) is 3.37. The Balaban J connectivity index is 2.21. The average Bonchev–Trinajstić information content (AvgIpc) is 2.68. The van der Waals surface area contributed by atoms with E-state index >= 15 is 0 Å². The van der Waals surface area contributed by atoms with Gasteiger partial charge in [-0.1, -0.05) is 16.1 Å². The highest BCUT2D eigenvalue weighted by Gasteiger charge is 2.14. The summed E-state index contributed by atoms with van der Waals surface area (Å²) >= 11 is 6.86. The number of hydrogen-bond acceptors (Lipinski definition) is 5. The molecule has 0 atom stereocenters. The van der Waals surface area contributed by atoms with Gasteiger partial charge in [-0.25, -0.2) is 4.98 Å².